The molecule has 1 aromatic heterocycles. The second-order valence-electron chi connectivity index (χ2n) is 6.06. The summed E-state index contributed by atoms with van der Waals surface area (Å²) in [5.74, 6) is -0.930. The maximum Gasteiger partial charge on any atom is 0.303 e. The van der Waals surface area contributed by atoms with E-state index in [4.69, 9.17) is 5.11 Å². The Kier molecular flexibility index (Phi) is 4.93. The molecule has 1 fully saturated rings. The van der Waals surface area contributed by atoms with Crippen LogP contribution < -0.4 is 0 Å². The summed E-state index contributed by atoms with van der Waals surface area (Å²) in [4.78, 5) is 25.4. The number of piperidine rings is 1. The van der Waals surface area contributed by atoms with Crippen molar-refractivity contribution >= 4 is 11.9 Å². The molecule has 6 heteroatoms. The van der Waals surface area contributed by atoms with Crippen molar-refractivity contribution in [2.45, 2.75) is 38.1 Å². The largest absolute Gasteiger partial charge is 0.481 e. The zero-order chi connectivity index (χ0) is 16.9. The molecular formula is C18H21N3O3. The van der Waals surface area contributed by atoms with Crippen molar-refractivity contribution in [2.75, 3.05) is 6.54 Å². The fourth-order valence-electron chi connectivity index (χ4n) is 3.17. The predicted molar refractivity (Wildman–Crippen MR) is 89.1 cm³/mol. The average Bonchev–Trinajstić information content (AvgIpc) is 3.10. The van der Waals surface area contributed by atoms with E-state index in [0.29, 0.717) is 18.7 Å². The van der Waals surface area contributed by atoms with Crippen LogP contribution in [0.15, 0.2) is 42.6 Å². The van der Waals surface area contributed by atoms with Crippen LogP contribution in [0.5, 0.6) is 0 Å². The van der Waals surface area contributed by atoms with Crippen molar-refractivity contribution in [2.24, 2.45) is 0 Å². The van der Waals surface area contributed by atoms with Crippen molar-refractivity contribution in [1.82, 2.24) is 14.7 Å². The third kappa shape index (κ3) is 3.64. The monoisotopic (exact) mass is 327 g/mol. The SMILES string of the molecule is O=C(O)CC[C@@H]1CCCCN1C(=O)c1ccn(-c2ccccc2)n1. The number of nitrogens with zero attached hydrogens (tertiary/aromatic N) is 3. The topological polar surface area (TPSA) is 75.4 Å². The van der Waals surface area contributed by atoms with Gasteiger partial charge >= 0.3 is 5.97 Å². The van der Waals surface area contributed by atoms with E-state index in [-0.39, 0.29) is 18.4 Å². The molecule has 24 heavy (non-hydrogen) atoms. The first-order valence-corrected chi connectivity index (χ1v) is 8.29. The predicted octanol–water partition coefficient (Wildman–Crippen LogP) is 2.73. The summed E-state index contributed by atoms with van der Waals surface area (Å²) in [6, 6.07) is 11.3. The minimum Gasteiger partial charge on any atom is -0.481 e. The lowest BCUT2D eigenvalue weighted by Gasteiger charge is -2.35. The molecule has 1 amide bonds. The van der Waals surface area contributed by atoms with Crippen molar-refractivity contribution in [3.05, 3.63) is 48.3 Å². The van der Waals surface area contributed by atoms with Gasteiger partial charge in [0.05, 0.1) is 5.69 Å². The van der Waals surface area contributed by atoms with Gasteiger partial charge in [-0.1, -0.05) is 18.2 Å². The molecule has 2 aromatic rings. The minimum atomic E-state index is -0.818. The van der Waals surface area contributed by atoms with E-state index in [1.54, 1.807) is 21.8 Å². The van der Waals surface area contributed by atoms with Crippen molar-refractivity contribution in [3.63, 3.8) is 0 Å². The van der Waals surface area contributed by atoms with Crippen LogP contribution in [0.1, 0.15) is 42.6 Å². The van der Waals surface area contributed by atoms with Crippen LogP contribution in [0.25, 0.3) is 5.69 Å². The lowest BCUT2D eigenvalue weighted by atomic mass is 9.97. The summed E-state index contributed by atoms with van der Waals surface area (Å²) in [7, 11) is 0. The quantitative estimate of drug-likeness (QED) is 0.916. The summed E-state index contributed by atoms with van der Waals surface area (Å²) in [5.41, 5.74) is 1.30. The molecule has 2 heterocycles. The molecule has 126 valence electrons. The fraction of sp³-hybridized carbons (Fsp3) is 0.389. The van der Waals surface area contributed by atoms with E-state index < -0.39 is 5.97 Å². The number of carboxylic acid groups (broad SMARTS) is 1. The normalized spacial score (nSPS) is 17.7. The Morgan fingerprint density at radius 1 is 1.17 bits per heavy atom. The Labute approximate surface area is 140 Å². The minimum absolute atomic E-state index is 0.00998. The Hall–Kier alpha value is -2.63. The zero-order valence-corrected chi connectivity index (χ0v) is 13.5. The van der Waals surface area contributed by atoms with E-state index in [9.17, 15) is 9.59 Å². The number of para-hydroxylation sites is 1. The fourth-order valence-corrected chi connectivity index (χ4v) is 3.17. The lowest BCUT2D eigenvalue weighted by molar-refractivity contribution is -0.137. The summed E-state index contributed by atoms with van der Waals surface area (Å²) < 4.78 is 1.68. The molecular weight excluding hydrogens is 306 g/mol. The summed E-state index contributed by atoms with van der Waals surface area (Å²) in [6.07, 6.45) is 5.21. The Balaban J connectivity index is 1.74. The van der Waals surface area contributed by atoms with Gasteiger partial charge in [-0.2, -0.15) is 5.10 Å². The maximum absolute atomic E-state index is 12.8. The van der Waals surface area contributed by atoms with Gasteiger partial charge in [-0.25, -0.2) is 4.68 Å². The Morgan fingerprint density at radius 3 is 2.71 bits per heavy atom. The zero-order valence-electron chi connectivity index (χ0n) is 13.5. The average molecular weight is 327 g/mol. The van der Waals surface area contributed by atoms with Gasteiger partial charge in [-0.3, -0.25) is 9.59 Å². The molecule has 0 saturated carbocycles. The summed E-state index contributed by atoms with van der Waals surface area (Å²) in [6.45, 7) is 0.668. The summed E-state index contributed by atoms with van der Waals surface area (Å²) in [5, 5.41) is 13.3. The maximum atomic E-state index is 12.8. The molecule has 3 rings (SSSR count). The first-order valence-electron chi connectivity index (χ1n) is 8.29. The van der Waals surface area contributed by atoms with Gasteiger partial charge in [0.1, 0.15) is 0 Å². The molecule has 0 spiro atoms. The Morgan fingerprint density at radius 2 is 1.96 bits per heavy atom. The smallest absolute Gasteiger partial charge is 0.303 e. The molecule has 1 N–H and O–H groups in total. The van der Waals surface area contributed by atoms with E-state index in [0.717, 1.165) is 24.9 Å². The molecule has 0 aliphatic carbocycles. The highest BCUT2D eigenvalue weighted by Gasteiger charge is 2.29. The molecule has 1 aromatic carbocycles. The van der Waals surface area contributed by atoms with E-state index in [1.165, 1.54) is 0 Å². The molecule has 0 unspecified atom stereocenters. The first kappa shape index (κ1) is 16.2. The van der Waals surface area contributed by atoms with Crippen molar-refractivity contribution < 1.29 is 14.7 Å². The molecule has 1 atom stereocenters. The molecule has 0 radical (unpaired) electrons. The Bertz CT molecular complexity index is 711. The van der Waals surface area contributed by atoms with Crippen LogP contribution in [0.3, 0.4) is 0 Å². The number of likely N-dealkylation sites (tertiary alicyclic amines) is 1. The van der Waals surface area contributed by atoms with Crippen LogP contribution in [-0.2, 0) is 4.79 Å². The van der Waals surface area contributed by atoms with Gasteiger partial charge < -0.3 is 10.0 Å². The third-order valence-corrected chi connectivity index (χ3v) is 4.41. The van der Waals surface area contributed by atoms with Gasteiger partial charge in [0.2, 0.25) is 0 Å². The third-order valence-electron chi connectivity index (χ3n) is 4.41. The molecule has 1 saturated heterocycles. The number of aromatic nitrogens is 2. The molecule has 1 aliphatic rings. The highest BCUT2D eigenvalue weighted by atomic mass is 16.4. The van der Waals surface area contributed by atoms with Crippen molar-refractivity contribution in [3.8, 4) is 5.69 Å². The number of amides is 1. The van der Waals surface area contributed by atoms with Gasteiger partial charge in [0, 0.05) is 25.2 Å². The highest BCUT2D eigenvalue weighted by Crippen LogP contribution is 2.23. The van der Waals surface area contributed by atoms with Crippen LogP contribution in [0, 0.1) is 0 Å². The number of benzene rings is 1. The lowest BCUT2D eigenvalue weighted by Crippen LogP contribution is -2.44. The second-order valence-corrected chi connectivity index (χ2v) is 6.06. The van der Waals surface area contributed by atoms with Gasteiger partial charge in [0.25, 0.3) is 5.91 Å². The van der Waals surface area contributed by atoms with Gasteiger partial charge in [0.15, 0.2) is 5.69 Å². The van der Waals surface area contributed by atoms with Crippen molar-refractivity contribution in [1.29, 1.82) is 0 Å². The second kappa shape index (κ2) is 7.29. The first-order chi connectivity index (χ1) is 11.6. The number of carbonyl (C=O) groups excluding carboxylic acids is 1. The standard InChI is InChI=1S/C18H21N3O3/c22-17(23)10-9-14-6-4-5-12-20(14)18(24)16-11-13-21(19-16)15-7-2-1-3-8-15/h1-3,7-8,11,13-14H,4-6,9-10,12H2,(H,22,23)/t14-/m0/s1. The molecule has 6 nitrogen and oxygen atoms in total. The van der Waals surface area contributed by atoms with E-state index >= 15 is 0 Å². The van der Waals surface area contributed by atoms with Crippen LogP contribution in [0.2, 0.25) is 0 Å². The number of hydrogen-bond donors (Lipinski definition) is 1. The van der Waals surface area contributed by atoms with E-state index in [2.05, 4.69) is 5.10 Å². The summed E-state index contributed by atoms with van der Waals surface area (Å²) >= 11 is 0. The number of hydrogen-bond acceptors (Lipinski definition) is 3. The van der Waals surface area contributed by atoms with E-state index in [1.807, 2.05) is 30.3 Å². The van der Waals surface area contributed by atoms with Gasteiger partial charge in [-0.15, -0.1) is 0 Å². The molecule has 1 aliphatic heterocycles. The molecule has 0 bridgehead atoms. The highest BCUT2D eigenvalue weighted by molar-refractivity contribution is 5.92. The number of aliphatic carboxylic acids is 1. The van der Waals surface area contributed by atoms with Gasteiger partial charge in [-0.05, 0) is 43.9 Å². The number of carboxylic acids is 1. The van der Waals surface area contributed by atoms with Crippen LogP contribution in [0.4, 0.5) is 0 Å². The van der Waals surface area contributed by atoms with Crippen LogP contribution >= 0.6 is 0 Å². The number of rotatable bonds is 5. The van der Waals surface area contributed by atoms with Crippen LogP contribution in [-0.4, -0.2) is 44.3 Å². The number of carbonyl (C=O) groups is 2.